The molecule has 16 nitrogen and oxygen atoms in total. The van der Waals surface area contributed by atoms with Crippen molar-refractivity contribution in [2.75, 3.05) is 41.2 Å². The first-order chi connectivity index (χ1) is 41.8. The van der Waals surface area contributed by atoms with Crippen LogP contribution in [-0.2, 0) is 38.3 Å². The molecule has 0 spiro atoms. The maximum atomic E-state index is 16.5. The molecule has 0 amide bonds. The minimum atomic E-state index is -5.19. The van der Waals surface area contributed by atoms with Crippen molar-refractivity contribution in [2.45, 2.75) is 78.0 Å². The molecule has 3 aliphatic rings. The average Bonchev–Trinajstić information content (AvgIpc) is 0.891. The zero-order chi connectivity index (χ0) is 59.6. The van der Waals surface area contributed by atoms with E-state index in [1.165, 1.54) is 71.8 Å². The summed E-state index contributed by atoms with van der Waals surface area (Å²) < 4.78 is 124. The molecule has 3 aromatic heterocycles. The lowest BCUT2D eigenvalue weighted by Gasteiger charge is -2.27. The van der Waals surface area contributed by atoms with Crippen LogP contribution < -0.4 is 44.7 Å². The molecule has 6 aromatic carbocycles. The fourth-order valence-electron chi connectivity index (χ4n) is 11.1. The number of phosphoric ester groups is 1. The lowest BCUT2D eigenvalue weighted by atomic mass is 9.86. The molecule has 12 rings (SSSR count). The minimum absolute atomic E-state index is 0.0170. The highest BCUT2D eigenvalue weighted by molar-refractivity contribution is 7.48. The summed E-state index contributed by atoms with van der Waals surface area (Å²) in [6, 6.07) is 27.5. The van der Waals surface area contributed by atoms with Crippen molar-refractivity contribution in [3.05, 3.63) is 176 Å². The Bertz CT molecular complexity index is 3810. The monoisotopic (exact) mass is 1190 g/mol. The highest BCUT2D eigenvalue weighted by Gasteiger charge is 2.32. The van der Waals surface area contributed by atoms with Gasteiger partial charge in [-0.15, -0.1) is 0 Å². The molecular weight excluding hydrogens is 1130 g/mol. The first-order valence-electron chi connectivity index (χ1n) is 28.7. The number of methoxy groups -OCH3 is 3. The number of pyridine rings is 3. The van der Waals surface area contributed by atoms with Gasteiger partial charge in [0.2, 0.25) is 0 Å². The Morgan fingerprint density at radius 3 is 0.907 bits per heavy atom. The van der Waals surface area contributed by atoms with Crippen LogP contribution in [0.1, 0.15) is 57.8 Å². The van der Waals surface area contributed by atoms with Gasteiger partial charge in [0.1, 0.15) is 72.1 Å². The molecule has 0 N–H and O–H groups in total. The van der Waals surface area contributed by atoms with Gasteiger partial charge in [-0.25, -0.2) is 17.7 Å². The molecule has 3 heterocycles. The van der Waals surface area contributed by atoms with E-state index in [4.69, 9.17) is 42.0 Å². The molecule has 20 heteroatoms. The second-order valence-corrected chi connectivity index (χ2v) is 23.7. The van der Waals surface area contributed by atoms with E-state index in [-0.39, 0.29) is 104 Å². The number of fused-ring (bicyclic) bond motifs is 3. The molecule has 3 saturated carbocycles. The summed E-state index contributed by atoms with van der Waals surface area (Å²) in [5, 5.41) is -1.02. The molecular formula is C66H63F3N3O13P. The summed E-state index contributed by atoms with van der Waals surface area (Å²) >= 11 is 0. The van der Waals surface area contributed by atoms with Crippen molar-refractivity contribution < 1.29 is 59.7 Å². The fourth-order valence-corrected chi connectivity index (χ4v) is 12.1. The van der Waals surface area contributed by atoms with Crippen LogP contribution in [0.25, 0.3) is 66.1 Å². The van der Waals surface area contributed by atoms with E-state index in [0.29, 0.717) is 33.9 Å². The van der Waals surface area contributed by atoms with Gasteiger partial charge < -0.3 is 42.1 Å². The summed E-state index contributed by atoms with van der Waals surface area (Å²) in [5.74, 6) is 0.0649. The number of ether oxygens (including phenoxy) is 6. The molecule has 0 bridgehead atoms. The Balaban J connectivity index is 1.01. The van der Waals surface area contributed by atoms with E-state index in [1.54, 1.807) is 72.8 Å². The predicted molar refractivity (Wildman–Crippen MR) is 320 cm³/mol. The van der Waals surface area contributed by atoms with Gasteiger partial charge in [-0.3, -0.25) is 28.0 Å². The molecule has 0 saturated heterocycles. The van der Waals surface area contributed by atoms with E-state index in [2.05, 4.69) is 0 Å². The number of aromatic nitrogens is 3. The van der Waals surface area contributed by atoms with Gasteiger partial charge in [-0.05, 0) is 146 Å². The molecule has 3 aliphatic carbocycles. The number of halogens is 3. The number of hydrogen-bond acceptors (Lipinski definition) is 13. The number of rotatable bonds is 24. The summed E-state index contributed by atoms with van der Waals surface area (Å²) in [4.78, 5) is 43.8. The Labute approximate surface area is 492 Å². The van der Waals surface area contributed by atoms with Crippen LogP contribution in [0.2, 0.25) is 0 Å². The van der Waals surface area contributed by atoms with Gasteiger partial charge in [-0.2, -0.15) is 0 Å². The molecule has 0 unspecified atom stereocenters. The normalized spacial score (nSPS) is 14.7. The first kappa shape index (κ1) is 58.1. The van der Waals surface area contributed by atoms with Crippen LogP contribution in [0.3, 0.4) is 0 Å². The van der Waals surface area contributed by atoms with Crippen LogP contribution in [0, 0.1) is 35.2 Å². The maximum Gasteiger partial charge on any atom is 0.480 e. The summed E-state index contributed by atoms with van der Waals surface area (Å²) in [5.41, 5.74) is -0.739. The maximum absolute atomic E-state index is 16.5. The topological polar surface area (TPSA) is 166 Å². The third-order valence-electron chi connectivity index (χ3n) is 16.8. The van der Waals surface area contributed by atoms with Crippen LogP contribution in [0.15, 0.2) is 142 Å². The van der Waals surface area contributed by atoms with E-state index < -0.39 is 61.8 Å². The van der Waals surface area contributed by atoms with Gasteiger partial charge in [0.15, 0.2) is 16.3 Å². The number of hydrogen-bond donors (Lipinski definition) is 0. The van der Waals surface area contributed by atoms with Gasteiger partial charge in [-0.1, -0.05) is 55.7 Å². The SMILES string of the molecule is COc1ccc(-c2cn(COP(=O)(OCn3cc(-c4ccc(OC)cc4)c(=O)c4c(F)ccc(OCC5CCC5)c43)OCn3cc(-c4ccc(OC)cc4)c(=O)c4c(F)ccc(OCC5CCC5)c43)c3c(OCC4CCC4)ccc(F)c3c2=O)cc1. The van der Waals surface area contributed by atoms with Gasteiger partial charge in [0.25, 0.3) is 0 Å². The summed E-state index contributed by atoms with van der Waals surface area (Å²) in [6.07, 6.45) is 12.9. The smallest absolute Gasteiger partial charge is 0.480 e. The van der Waals surface area contributed by atoms with Crippen molar-refractivity contribution in [1.82, 2.24) is 13.7 Å². The van der Waals surface area contributed by atoms with E-state index in [1.807, 2.05) is 0 Å². The van der Waals surface area contributed by atoms with Crippen molar-refractivity contribution in [2.24, 2.45) is 17.8 Å². The molecule has 9 aromatic rings. The van der Waals surface area contributed by atoms with Crippen LogP contribution in [-0.4, -0.2) is 54.9 Å². The Morgan fingerprint density at radius 1 is 0.407 bits per heavy atom. The van der Waals surface area contributed by atoms with Crippen LogP contribution in [0.4, 0.5) is 13.2 Å². The second-order valence-electron chi connectivity index (χ2n) is 22.1. The standard InChI is InChI=1S/C66H63F3N3O13P/c1-77-46-19-13-43(14-20-46)49-31-70(61-55(80-34-40-7-4-8-40)28-25-52(67)58(61)64(49)73)37-83-86(76,84-38-71-32-50(44-15-21-47(78-2)22-16-44)65(74)59-53(68)26-29-56(62(59)71)81-35-41-9-5-10-41)85-39-72-33-51(45-17-23-48(79-3)24-18-45)66(75)60-54(69)27-30-57(63(60)72)82-36-42-11-6-12-42/h13-33,40-42H,4-12,34-39H2,1-3H3. The van der Waals surface area contributed by atoms with Crippen molar-refractivity contribution in [3.63, 3.8) is 0 Å². The van der Waals surface area contributed by atoms with Crippen LogP contribution in [0.5, 0.6) is 34.5 Å². The van der Waals surface area contributed by atoms with Crippen molar-refractivity contribution in [3.8, 4) is 67.9 Å². The third-order valence-corrected chi connectivity index (χ3v) is 18.1. The first-order valence-corrected chi connectivity index (χ1v) is 30.2. The molecule has 86 heavy (non-hydrogen) atoms. The predicted octanol–water partition coefficient (Wildman–Crippen LogP) is 14.0. The molecule has 446 valence electrons. The van der Waals surface area contributed by atoms with E-state index >= 15 is 17.7 Å². The summed E-state index contributed by atoms with van der Waals surface area (Å²) in [7, 11) is -0.690. The zero-order valence-corrected chi connectivity index (χ0v) is 48.6. The van der Waals surface area contributed by atoms with Gasteiger partial charge in [0, 0.05) is 35.3 Å². The number of phosphoric acid groups is 1. The van der Waals surface area contributed by atoms with Crippen molar-refractivity contribution >= 4 is 40.5 Å². The Kier molecular flexibility index (Phi) is 16.8. The summed E-state index contributed by atoms with van der Waals surface area (Å²) in [6.45, 7) is -1.42. The van der Waals surface area contributed by atoms with E-state index in [9.17, 15) is 14.4 Å². The molecule has 0 radical (unpaired) electrons. The van der Waals surface area contributed by atoms with Crippen LogP contribution >= 0.6 is 7.82 Å². The lowest BCUT2D eigenvalue weighted by molar-refractivity contribution is 0.0559. The highest BCUT2D eigenvalue weighted by atomic mass is 31.2. The minimum Gasteiger partial charge on any atom is -0.497 e. The van der Waals surface area contributed by atoms with Crippen molar-refractivity contribution in [1.29, 1.82) is 0 Å². The second kappa shape index (κ2) is 24.9. The number of benzene rings is 6. The largest absolute Gasteiger partial charge is 0.497 e. The third kappa shape index (κ3) is 11.7. The van der Waals surface area contributed by atoms with Gasteiger partial charge in [0.05, 0.1) is 73.9 Å². The average molecular weight is 1190 g/mol. The van der Waals surface area contributed by atoms with Gasteiger partial charge >= 0.3 is 7.82 Å². The quantitative estimate of drug-likeness (QED) is 0.0525. The fraction of sp³-hybridized carbons (Fsp3) is 0.318. The Hall–Kier alpha value is -8.35. The molecule has 3 fully saturated rings. The highest BCUT2D eigenvalue weighted by Crippen LogP contribution is 2.52. The lowest BCUT2D eigenvalue weighted by Crippen LogP contribution is -2.21. The van der Waals surface area contributed by atoms with E-state index in [0.717, 1.165) is 76.0 Å². The Morgan fingerprint density at radius 2 is 0.674 bits per heavy atom. The molecule has 0 aliphatic heterocycles. The zero-order valence-electron chi connectivity index (χ0n) is 47.7. The molecule has 0 atom stereocenters. The number of nitrogens with zero attached hydrogens (tertiary/aromatic N) is 3.